The molecular weight excluding hydrogens is 627 g/mol. The molecule has 3 aromatic heterocycles. The Morgan fingerprint density at radius 3 is 1.84 bits per heavy atom. The molecule has 0 radical (unpaired) electrons. The van der Waals surface area contributed by atoms with Gasteiger partial charge < -0.3 is 0 Å². The summed E-state index contributed by atoms with van der Waals surface area (Å²) in [5.41, 5.74) is 11.1. The molecule has 8 aromatic carbocycles. The zero-order valence-electron chi connectivity index (χ0n) is 26.8. The van der Waals surface area contributed by atoms with Gasteiger partial charge in [-0.2, -0.15) is 0 Å². The van der Waals surface area contributed by atoms with Crippen LogP contribution in [0.4, 0.5) is 0 Å². The Labute approximate surface area is 291 Å². The van der Waals surface area contributed by atoms with Crippen LogP contribution in [0.1, 0.15) is 0 Å². The minimum Gasteiger partial charge on any atom is -0.281 e. The van der Waals surface area contributed by atoms with Crippen LogP contribution in [-0.4, -0.2) is 14.4 Å². The summed E-state index contributed by atoms with van der Waals surface area (Å²) < 4.78 is 3.54. The summed E-state index contributed by atoms with van der Waals surface area (Å²) in [6, 6.07) is 59.0. The largest absolute Gasteiger partial charge is 0.281 e. The maximum Gasteiger partial charge on any atom is 0.195 e. The molecule has 0 N–H and O–H groups in total. The van der Waals surface area contributed by atoms with E-state index in [-0.39, 0.29) is 0 Å². The lowest BCUT2D eigenvalue weighted by Gasteiger charge is -2.19. The van der Waals surface area contributed by atoms with Gasteiger partial charge in [0.05, 0.1) is 21.4 Å². The highest BCUT2D eigenvalue weighted by Gasteiger charge is 2.22. The number of aromatic nitrogens is 3. The molecule has 0 aliphatic heterocycles. The van der Waals surface area contributed by atoms with E-state index in [2.05, 4.69) is 168 Å². The van der Waals surface area contributed by atoms with E-state index in [0.29, 0.717) is 0 Å². The number of benzene rings is 8. The molecule has 0 saturated carbocycles. The van der Waals surface area contributed by atoms with Crippen molar-refractivity contribution in [3.05, 3.63) is 164 Å². The van der Waals surface area contributed by atoms with Crippen molar-refractivity contribution in [2.75, 3.05) is 0 Å². The van der Waals surface area contributed by atoms with Gasteiger partial charge in [-0.15, -0.1) is 0 Å². The third kappa shape index (κ3) is 3.91. The summed E-state index contributed by atoms with van der Waals surface area (Å²) in [5.74, 6) is 0. The molecule has 0 saturated heterocycles. The topological polar surface area (TPSA) is 30.2 Å². The summed E-state index contributed by atoms with van der Waals surface area (Å²) >= 11 is 1.74. The standard InChI is InChI=1S/C46H27N3S/c1-2-14-29(15-3-1)43-45-44(37-22-10-11-24-38(37)47-43)48-46-49(45)39-27-30(25-26-40(39)50-46)41-33-18-6-8-20-35(33)42(36-21-9-7-19-34(36)41)32-23-12-16-28-13-4-5-17-31(28)32/h1-27H. The molecule has 0 atom stereocenters. The lowest BCUT2D eigenvalue weighted by Crippen LogP contribution is -1.93. The van der Waals surface area contributed by atoms with Crippen LogP contribution in [0.3, 0.4) is 0 Å². The first-order valence-electron chi connectivity index (χ1n) is 16.9. The van der Waals surface area contributed by atoms with E-state index in [9.17, 15) is 0 Å². The molecule has 11 aromatic rings. The van der Waals surface area contributed by atoms with E-state index in [1.54, 1.807) is 11.3 Å². The SMILES string of the molecule is c1ccc(-c2nc3ccccc3c3nc4sc5ccc(-c6c7ccccc7c(-c7cccc8ccccc78)c7ccccc67)cc5n4c23)cc1. The van der Waals surface area contributed by atoms with Crippen molar-refractivity contribution in [3.8, 4) is 33.5 Å². The third-order valence-corrected chi connectivity index (χ3v) is 11.2. The lowest BCUT2D eigenvalue weighted by molar-refractivity contribution is 1.32. The Bertz CT molecular complexity index is 3090. The zero-order chi connectivity index (χ0) is 32.8. The molecule has 11 rings (SSSR count). The van der Waals surface area contributed by atoms with E-state index < -0.39 is 0 Å². The number of hydrogen-bond donors (Lipinski definition) is 0. The van der Waals surface area contributed by atoms with Gasteiger partial charge in [0.1, 0.15) is 11.0 Å². The van der Waals surface area contributed by atoms with Crippen LogP contribution in [0.2, 0.25) is 0 Å². The molecule has 3 heterocycles. The minimum atomic E-state index is 0.951. The maximum absolute atomic E-state index is 5.28. The van der Waals surface area contributed by atoms with Crippen molar-refractivity contribution in [1.82, 2.24) is 14.4 Å². The van der Waals surface area contributed by atoms with Crippen molar-refractivity contribution in [2.45, 2.75) is 0 Å². The number of pyridine rings is 1. The first kappa shape index (κ1) is 27.6. The van der Waals surface area contributed by atoms with Gasteiger partial charge in [0.15, 0.2) is 4.96 Å². The van der Waals surface area contributed by atoms with Crippen LogP contribution in [0.5, 0.6) is 0 Å². The maximum atomic E-state index is 5.28. The van der Waals surface area contributed by atoms with E-state index in [0.717, 1.165) is 43.7 Å². The van der Waals surface area contributed by atoms with Gasteiger partial charge in [0.2, 0.25) is 0 Å². The van der Waals surface area contributed by atoms with E-state index in [1.165, 1.54) is 59.3 Å². The number of hydrogen-bond acceptors (Lipinski definition) is 3. The summed E-state index contributed by atoms with van der Waals surface area (Å²) in [5, 5.41) is 8.58. The number of nitrogens with zero attached hydrogens (tertiary/aromatic N) is 3. The summed E-state index contributed by atoms with van der Waals surface area (Å²) in [7, 11) is 0. The number of rotatable bonds is 3. The zero-order valence-corrected chi connectivity index (χ0v) is 27.7. The first-order chi connectivity index (χ1) is 24.8. The highest BCUT2D eigenvalue weighted by atomic mass is 32.1. The normalized spacial score (nSPS) is 12.0. The second kappa shape index (κ2) is 10.6. The first-order valence-corrected chi connectivity index (χ1v) is 17.7. The monoisotopic (exact) mass is 653 g/mol. The molecule has 0 unspecified atom stereocenters. The van der Waals surface area contributed by atoms with Gasteiger partial charge in [-0.25, -0.2) is 9.97 Å². The number of imidazole rings is 1. The average Bonchev–Trinajstić information content (AvgIpc) is 3.73. The van der Waals surface area contributed by atoms with Gasteiger partial charge >= 0.3 is 0 Å². The molecular formula is C46H27N3S. The summed E-state index contributed by atoms with van der Waals surface area (Å²) in [4.78, 5) is 11.5. The third-order valence-electron chi connectivity index (χ3n) is 10.2. The Morgan fingerprint density at radius 1 is 0.460 bits per heavy atom. The molecule has 0 aliphatic rings. The molecule has 0 amide bonds. The second-order valence-corrected chi connectivity index (χ2v) is 13.9. The van der Waals surface area contributed by atoms with E-state index in [1.807, 2.05) is 0 Å². The van der Waals surface area contributed by atoms with Gasteiger partial charge in [0.25, 0.3) is 0 Å². The Kier molecular flexibility index (Phi) is 5.83. The fourth-order valence-corrected chi connectivity index (χ4v) is 9.05. The van der Waals surface area contributed by atoms with Crippen LogP contribution < -0.4 is 0 Å². The van der Waals surface area contributed by atoms with Gasteiger partial charge in [0, 0.05) is 10.9 Å². The van der Waals surface area contributed by atoms with Gasteiger partial charge in [-0.05, 0) is 72.8 Å². The van der Waals surface area contributed by atoms with Crippen LogP contribution in [0.15, 0.2) is 164 Å². The molecule has 0 aliphatic carbocycles. The number of thiazole rings is 1. The molecule has 0 spiro atoms. The minimum absolute atomic E-state index is 0.951. The summed E-state index contributed by atoms with van der Waals surface area (Å²) in [6.07, 6.45) is 0. The fraction of sp³-hybridized carbons (Fsp3) is 0. The number of fused-ring (bicyclic) bond motifs is 10. The fourth-order valence-electron chi connectivity index (χ4n) is 8.05. The van der Waals surface area contributed by atoms with E-state index in [4.69, 9.17) is 9.97 Å². The predicted octanol–water partition coefficient (Wildman–Crippen LogP) is 12.7. The van der Waals surface area contributed by atoms with Crippen LogP contribution in [-0.2, 0) is 0 Å². The van der Waals surface area contributed by atoms with Crippen molar-refractivity contribution < 1.29 is 0 Å². The molecule has 0 fully saturated rings. The summed E-state index contributed by atoms with van der Waals surface area (Å²) in [6.45, 7) is 0. The van der Waals surface area contributed by atoms with Crippen LogP contribution in [0, 0.1) is 0 Å². The van der Waals surface area contributed by atoms with E-state index >= 15 is 0 Å². The highest BCUT2D eigenvalue weighted by Crippen LogP contribution is 2.46. The van der Waals surface area contributed by atoms with Crippen LogP contribution >= 0.6 is 11.3 Å². The average molecular weight is 654 g/mol. The molecule has 50 heavy (non-hydrogen) atoms. The molecule has 3 nitrogen and oxygen atoms in total. The molecule has 4 heteroatoms. The van der Waals surface area contributed by atoms with Gasteiger partial charge in [-0.3, -0.25) is 4.40 Å². The Hall–Kier alpha value is -6.36. The van der Waals surface area contributed by atoms with Crippen LogP contribution in [0.25, 0.3) is 103 Å². The van der Waals surface area contributed by atoms with Crippen molar-refractivity contribution in [2.24, 2.45) is 0 Å². The Morgan fingerprint density at radius 2 is 1.08 bits per heavy atom. The molecule has 232 valence electrons. The lowest BCUT2D eigenvalue weighted by atomic mass is 9.85. The smallest absolute Gasteiger partial charge is 0.195 e. The second-order valence-electron chi connectivity index (χ2n) is 12.9. The van der Waals surface area contributed by atoms with Gasteiger partial charge in [-0.1, -0.05) is 157 Å². The quantitative estimate of drug-likeness (QED) is 0.178. The molecule has 0 bridgehead atoms. The highest BCUT2D eigenvalue weighted by molar-refractivity contribution is 7.23. The van der Waals surface area contributed by atoms with Crippen molar-refractivity contribution in [3.63, 3.8) is 0 Å². The van der Waals surface area contributed by atoms with Crippen molar-refractivity contribution in [1.29, 1.82) is 0 Å². The number of para-hydroxylation sites is 1. The van der Waals surface area contributed by atoms with Crippen molar-refractivity contribution >= 4 is 80.8 Å². The predicted molar refractivity (Wildman–Crippen MR) is 212 cm³/mol. The Balaban J connectivity index is 1.25.